The van der Waals surface area contributed by atoms with Gasteiger partial charge in [0.15, 0.2) is 0 Å². The third kappa shape index (κ3) is 2.68. The summed E-state index contributed by atoms with van der Waals surface area (Å²) in [6, 6.07) is 9.91. The Kier molecular flexibility index (Phi) is 4.24. The van der Waals surface area contributed by atoms with E-state index in [0.29, 0.717) is 12.5 Å². The van der Waals surface area contributed by atoms with Gasteiger partial charge in [0.25, 0.3) is 0 Å². The normalized spacial score (nSPS) is 34.5. The molecule has 20 heavy (non-hydrogen) atoms. The first kappa shape index (κ1) is 13.9. The van der Waals surface area contributed by atoms with Crippen LogP contribution in [-0.4, -0.2) is 47.9 Å². The zero-order valence-corrected chi connectivity index (χ0v) is 11.8. The Labute approximate surface area is 120 Å². The van der Waals surface area contributed by atoms with Gasteiger partial charge in [-0.1, -0.05) is 18.2 Å². The van der Waals surface area contributed by atoms with E-state index in [-0.39, 0.29) is 12.1 Å². The van der Waals surface area contributed by atoms with E-state index < -0.39 is 6.10 Å². The van der Waals surface area contributed by atoms with Gasteiger partial charge in [0, 0.05) is 6.04 Å². The van der Waals surface area contributed by atoms with Gasteiger partial charge >= 0.3 is 0 Å². The van der Waals surface area contributed by atoms with E-state index in [1.807, 2.05) is 30.3 Å². The summed E-state index contributed by atoms with van der Waals surface area (Å²) < 4.78 is 5.98. The highest BCUT2D eigenvalue weighted by atomic mass is 16.5. The van der Waals surface area contributed by atoms with Crippen LogP contribution in [0.25, 0.3) is 0 Å². The van der Waals surface area contributed by atoms with Crippen molar-refractivity contribution in [1.29, 1.82) is 0 Å². The first-order valence-corrected chi connectivity index (χ1v) is 7.63. The van der Waals surface area contributed by atoms with E-state index in [1.54, 1.807) is 0 Å². The maximum Gasteiger partial charge on any atom is 0.126 e. The second-order valence-electron chi connectivity index (χ2n) is 5.93. The molecular formula is C16H24N2O2. The molecule has 0 amide bonds. The van der Waals surface area contributed by atoms with Crippen LogP contribution >= 0.6 is 0 Å². The molecule has 4 atom stereocenters. The predicted molar refractivity (Wildman–Crippen MR) is 78.6 cm³/mol. The van der Waals surface area contributed by atoms with Gasteiger partial charge in [-0.3, -0.25) is 4.90 Å². The number of ether oxygens (including phenoxy) is 1. The number of aliphatic hydroxyl groups excluding tert-OH is 1. The lowest BCUT2D eigenvalue weighted by Gasteiger charge is -2.31. The topological polar surface area (TPSA) is 58.7 Å². The molecule has 0 unspecified atom stereocenters. The van der Waals surface area contributed by atoms with E-state index in [4.69, 9.17) is 10.5 Å². The summed E-state index contributed by atoms with van der Waals surface area (Å²) in [5.74, 6) is 1.16. The van der Waals surface area contributed by atoms with Crippen molar-refractivity contribution in [2.75, 3.05) is 19.6 Å². The number of rotatable bonds is 4. The molecule has 1 aliphatic carbocycles. The third-order valence-electron chi connectivity index (χ3n) is 4.64. The molecule has 2 fully saturated rings. The Morgan fingerprint density at radius 2 is 1.90 bits per heavy atom. The van der Waals surface area contributed by atoms with Crippen LogP contribution in [0.15, 0.2) is 30.3 Å². The highest BCUT2D eigenvalue weighted by molar-refractivity contribution is 5.22. The summed E-state index contributed by atoms with van der Waals surface area (Å²) in [4.78, 5) is 2.40. The molecule has 4 heteroatoms. The van der Waals surface area contributed by atoms with Crippen molar-refractivity contribution in [3.05, 3.63) is 30.3 Å². The van der Waals surface area contributed by atoms with Gasteiger partial charge in [0.05, 0.1) is 0 Å². The molecule has 0 spiro atoms. The number of nitrogens with two attached hydrogens (primary N) is 1. The first-order chi connectivity index (χ1) is 9.79. The number of hydrogen-bond donors (Lipinski definition) is 2. The monoisotopic (exact) mass is 276 g/mol. The predicted octanol–water partition coefficient (Wildman–Crippen LogP) is 1.24. The number of likely N-dealkylation sites (tertiary alicyclic amines) is 1. The SMILES string of the molecule is NC[C@@H]1C[C@@H](Oc2ccccc2)[C@H](O)[C@H]1N1CCCC1. The molecule has 0 bridgehead atoms. The Bertz CT molecular complexity index is 420. The second kappa shape index (κ2) is 6.12. The molecule has 2 aliphatic rings. The quantitative estimate of drug-likeness (QED) is 0.868. The molecule has 110 valence electrons. The summed E-state index contributed by atoms with van der Waals surface area (Å²) in [6.45, 7) is 2.78. The highest BCUT2D eigenvalue weighted by Crippen LogP contribution is 2.34. The standard InChI is InChI=1S/C16H24N2O2/c17-11-12-10-14(20-13-6-2-1-3-7-13)16(19)15(12)18-8-4-5-9-18/h1-3,6-7,12,14-16,19H,4-5,8-11,17H2/t12-,14+,15-,16-/m0/s1. The molecule has 3 N–H and O–H groups in total. The molecule has 1 heterocycles. The molecule has 3 rings (SSSR count). The molecule has 1 aromatic rings. The minimum Gasteiger partial charge on any atom is -0.488 e. The summed E-state index contributed by atoms with van der Waals surface area (Å²) >= 11 is 0. The van der Waals surface area contributed by atoms with Crippen molar-refractivity contribution in [3.8, 4) is 5.75 Å². The van der Waals surface area contributed by atoms with Crippen LogP contribution in [0.3, 0.4) is 0 Å². The molecule has 0 aromatic heterocycles. The lowest BCUT2D eigenvalue weighted by Crippen LogP contribution is -2.46. The number of aliphatic hydroxyl groups is 1. The van der Waals surface area contributed by atoms with Crippen LogP contribution < -0.4 is 10.5 Å². The molecule has 1 aromatic carbocycles. The molecule has 0 radical (unpaired) electrons. The first-order valence-electron chi connectivity index (χ1n) is 7.63. The molecule has 4 nitrogen and oxygen atoms in total. The fourth-order valence-corrected chi connectivity index (χ4v) is 3.66. The van der Waals surface area contributed by atoms with E-state index in [2.05, 4.69) is 4.90 Å². The smallest absolute Gasteiger partial charge is 0.126 e. The fraction of sp³-hybridized carbons (Fsp3) is 0.625. The van der Waals surface area contributed by atoms with Crippen molar-refractivity contribution in [1.82, 2.24) is 4.90 Å². The Hall–Kier alpha value is -1.10. The third-order valence-corrected chi connectivity index (χ3v) is 4.64. The van der Waals surface area contributed by atoms with Gasteiger partial charge in [-0.25, -0.2) is 0 Å². The molecule has 1 saturated heterocycles. The van der Waals surface area contributed by atoms with Crippen molar-refractivity contribution < 1.29 is 9.84 Å². The minimum atomic E-state index is -0.443. The largest absolute Gasteiger partial charge is 0.488 e. The van der Waals surface area contributed by atoms with Crippen LogP contribution in [-0.2, 0) is 0 Å². The van der Waals surface area contributed by atoms with Gasteiger partial charge < -0.3 is 15.6 Å². The molecule has 1 saturated carbocycles. The van der Waals surface area contributed by atoms with Crippen molar-refractivity contribution >= 4 is 0 Å². The van der Waals surface area contributed by atoms with E-state index >= 15 is 0 Å². The lowest BCUT2D eigenvalue weighted by molar-refractivity contribution is 0.0121. The molecule has 1 aliphatic heterocycles. The number of hydrogen-bond acceptors (Lipinski definition) is 4. The van der Waals surface area contributed by atoms with Crippen LogP contribution in [0.2, 0.25) is 0 Å². The maximum atomic E-state index is 10.6. The van der Waals surface area contributed by atoms with Crippen LogP contribution in [0.1, 0.15) is 19.3 Å². The van der Waals surface area contributed by atoms with Crippen LogP contribution in [0, 0.1) is 5.92 Å². The van der Waals surface area contributed by atoms with Crippen LogP contribution in [0.5, 0.6) is 5.75 Å². The zero-order valence-electron chi connectivity index (χ0n) is 11.8. The van der Waals surface area contributed by atoms with E-state index in [1.165, 1.54) is 12.8 Å². The minimum absolute atomic E-state index is 0.142. The fourth-order valence-electron chi connectivity index (χ4n) is 3.66. The molecular weight excluding hydrogens is 252 g/mol. The zero-order chi connectivity index (χ0) is 13.9. The average molecular weight is 276 g/mol. The Morgan fingerprint density at radius 3 is 2.55 bits per heavy atom. The van der Waals surface area contributed by atoms with Gasteiger partial charge in [-0.15, -0.1) is 0 Å². The lowest BCUT2D eigenvalue weighted by atomic mass is 10.0. The summed E-state index contributed by atoms with van der Waals surface area (Å²) in [5.41, 5.74) is 5.92. The maximum absolute atomic E-state index is 10.6. The van der Waals surface area contributed by atoms with Gasteiger partial charge in [0.1, 0.15) is 18.0 Å². The van der Waals surface area contributed by atoms with E-state index in [9.17, 15) is 5.11 Å². The number of para-hydroxylation sites is 1. The van der Waals surface area contributed by atoms with Crippen molar-refractivity contribution in [3.63, 3.8) is 0 Å². The summed E-state index contributed by atoms with van der Waals surface area (Å²) in [6.07, 6.45) is 2.71. The van der Waals surface area contributed by atoms with Crippen molar-refractivity contribution in [2.45, 2.75) is 37.5 Å². The van der Waals surface area contributed by atoms with Crippen LogP contribution in [0.4, 0.5) is 0 Å². The Balaban J connectivity index is 1.70. The average Bonchev–Trinajstić information content (AvgIpc) is 3.09. The highest BCUT2D eigenvalue weighted by Gasteiger charge is 2.46. The van der Waals surface area contributed by atoms with Gasteiger partial charge in [-0.05, 0) is 56.9 Å². The summed E-state index contributed by atoms with van der Waals surface area (Å²) in [7, 11) is 0. The Morgan fingerprint density at radius 1 is 1.20 bits per heavy atom. The van der Waals surface area contributed by atoms with Gasteiger partial charge in [-0.2, -0.15) is 0 Å². The summed E-state index contributed by atoms with van der Waals surface area (Å²) in [5, 5.41) is 10.6. The van der Waals surface area contributed by atoms with Gasteiger partial charge in [0.2, 0.25) is 0 Å². The van der Waals surface area contributed by atoms with E-state index in [0.717, 1.165) is 25.3 Å². The number of nitrogens with zero attached hydrogens (tertiary/aromatic N) is 1. The second-order valence-corrected chi connectivity index (χ2v) is 5.93. The van der Waals surface area contributed by atoms with Crippen molar-refractivity contribution in [2.24, 2.45) is 11.7 Å². The number of benzene rings is 1.